The lowest BCUT2D eigenvalue weighted by Crippen LogP contribution is -2.51. The summed E-state index contributed by atoms with van der Waals surface area (Å²) < 4.78 is 8.12. The van der Waals surface area contributed by atoms with Crippen LogP contribution in [0.25, 0.3) is 10.9 Å². The third kappa shape index (κ3) is 4.00. The molecule has 0 spiro atoms. The van der Waals surface area contributed by atoms with Crippen LogP contribution >= 0.6 is 0 Å². The van der Waals surface area contributed by atoms with E-state index in [0.717, 1.165) is 11.4 Å². The maximum atomic E-state index is 13.1. The van der Waals surface area contributed by atoms with Crippen molar-refractivity contribution >= 4 is 22.5 Å². The number of piperazine rings is 1. The van der Waals surface area contributed by atoms with E-state index in [9.17, 15) is 14.4 Å². The Hall–Kier alpha value is -3.55. The molecular formula is C24H28N4O4. The van der Waals surface area contributed by atoms with E-state index in [1.807, 2.05) is 31.2 Å². The van der Waals surface area contributed by atoms with Crippen LogP contribution in [0.5, 0.6) is 5.75 Å². The van der Waals surface area contributed by atoms with Crippen LogP contribution in [0.2, 0.25) is 0 Å². The monoisotopic (exact) mass is 436 g/mol. The number of rotatable bonds is 6. The Morgan fingerprint density at radius 3 is 2.34 bits per heavy atom. The molecule has 0 saturated carbocycles. The van der Waals surface area contributed by atoms with Gasteiger partial charge in [-0.2, -0.15) is 0 Å². The van der Waals surface area contributed by atoms with E-state index in [-0.39, 0.29) is 18.0 Å². The lowest BCUT2D eigenvalue weighted by atomic mass is 10.2. The summed E-state index contributed by atoms with van der Waals surface area (Å²) in [4.78, 5) is 42.9. The Morgan fingerprint density at radius 1 is 0.938 bits per heavy atom. The van der Waals surface area contributed by atoms with Crippen LogP contribution in [-0.4, -0.2) is 53.2 Å². The van der Waals surface area contributed by atoms with Crippen LogP contribution in [-0.2, 0) is 17.9 Å². The summed E-state index contributed by atoms with van der Waals surface area (Å²) in [5.41, 5.74) is 0.768. The second-order valence-corrected chi connectivity index (χ2v) is 7.88. The maximum absolute atomic E-state index is 13.1. The van der Waals surface area contributed by atoms with E-state index in [1.165, 1.54) is 9.13 Å². The highest BCUT2D eigenvalue weighted by molar-refractivity contribution is 5.82. The average molecular weight is 437 g/mol. The number of benzene rings is 2. The quantitative estimate of drug-likeness (QED) is 0.590. The Balaban J connectivity index is 1.55. The lowest BCUT2D eigenvalue weighted by molar-refractivity contribution is -0.132. The number of hydrogen-bond donors (Lipinski definition) is 0. The van der Waals surface area contributed by atoms with Crippen LogP contribution in [0.15, 0.2) is 58.1 Å². The highest BCUT2D eigenvalue weighted by atomic mass is 16.5. The molecule has 4 rings (SSSR count). The van der Waals surface area contributed by atoms with Gasteiger partial charge in [-0.05, 0) is 30.7 Å². The van der Waals surface area contributed by atoms with Crippen LogP contribution in [0.3, 0.4) is 0 Å². The zero-order valence-corrected chi connectivity index (χ0v) is 18.5. The lowest BCUT2D eigenvalue weighted by Gasteiger charge is -2.36. The van der Waals surface area contributed by atoms with E-state index in [0.29, 0.717) is 50.0 Å². The largest absolute Gasteiger partial charge is 0.495 e. The number of carbonyl (C=O) groups excluding carboxylic acids is 1. The number of anilines is 1. The first-order valence-electron chi connectivity index (χ1n) is 10.9. The predicted octanol–water partition coefficient (Wildman–Crippen LogP) is 1.93. The third-order valence-corrected chi connectivity index (χ3v) is 5.93. The molecule has 8 heteroatoms. The summed E-state index contributed by atoms with van der Waals surface area (Å²) >= 11 is 0. The fraction of sp³-hybridized carbons (Fsp3) is 0.375. The van der Waals surface area contributed by atoms with Crippen LogP contribution in [0.1, 0.15) is 13.3 Å². The summed E-state index contributed by atoms with van der Waals surface area (Å²) in [6.07, 6.45) is 0.659. The molecule has 2 aromatic carbocycles. The van der Waals surface area contributed by atoms with E-state index in [1.54, 1.807) is 36.3 Å². The van der Waals surface area contributed by atoms with Gasteiger partial charge in [0, 0.05) is 32.7 Å². The molecule has 0 atom stereocenters. The Bertz CT molecular complexity index is 1240. The van der Waals surface area contributed by atoms with Crippen LogP contribution in [0, 0.1) is 0 Å². The second-order valence-electron chi connectivity index (χ2n) is 7.88. The molecule has 1 fully saturated rings. The molecule has 1 saturated heterocycles. The molecule has 2 heterocycles. The van der Waals surface area contributed by atoms with E-state index in [2.05, 4.69) is 4.90 Å². The number of para-hydroxylation sites is 3. The zero-order chi connectivity index (χ0) is 22.7. The first-order chi connectivity index (χ1) is 15.5. The molecule has 1 aromatic heterocycles. The van der Waals surface area contributed by atoms with Crippen molar-refractivity contribution in [3.63, 3.8) is 0 Å². The molecule has 0 N–H and O–H groups in total. The van der Waals surface area contributed by atoms with Crippen LogP contribution in [0.4, 0.5) is 5.69 Å². The van der Waals surface area contributed by atoms with Crippen molar-refractivity contribution in [2.24, 2.45) is 0 Å². The minimum atomic E-state index is -0.434. The fourth-order valence-electron chi connectivity index (χ4n) is 4.27. The normalized spacial score (nSPS) is 14.1. The van der Waals surface area contributed by atoms with Gasteiger partial charge in [-0.3, -0.25) is 18.7 Å². The van der Waals surface area contributed by atoms with Crippen LogP contribution < -0.4 is 20.9 Å². The number of aromatic nitrogens is 2. The Kier molecular flexibility index (Phi) is 6.30. The van der Waals surface area contributed by atoms with Crippen molar-refractivity contribution in [3.05, 3.63) is 69.4 Å². The summed E-state index contributed by atoms with van der Waals surface area (Å²) in [7, 11) is 1.65. The molecular weight excluding hydrogens is 408 g/mol. The molecule has 8 nitrogen and oxygen atoms in total. The second kappa shape index (κ2) is 9.30. The van der Waals surface area contributed by atoms with Gasteiger partial charge in [0.05, 0.1) is 23.7 Å². The molecule has 0 aliphatic carbocycles. The fourth-order valence-corrected chi connectivity index (χ4v) is 4.27. The van der Waals surface area contributed by atoms with Crippen molar-refractivity contribution in [1.82, 2.24) is 14.0 Å². The van der Waals surface area contributed by atoms with Crippen molar-refractivity contribution in [2.45, 2.75) is 26.4 Å². The molecule has 0 radical (unpaired) electrons. The zero-order valence-electron chi connectivity index (χ0n) is 18.5. The minimum Gasteiger partial charge on any atom is -0.495 e. The minimum absolute atomic E-state index is 0.0853. The summed E-state index contributed by atoms with van der Waals surface area (Å²) in [5.74, 6) is 0.683. The average Bonchev–Trinajstić information content (AvgIpc) is 2.84. The first kappa shape index (κ1) is 21.7. The Morgan fingerprint density at radius 2 is 1.62 bits per heavy atom. The molecule has 1 aliphatic heterocycles. The van der Waals surface area contributed by atoms with Gasteiger partial charge >= 0.3 is 5.69 Å². The maximum Gasteiger partial charge on any atom is 0.331 e. The van der Waals surface area contributed by atoms with Gasteiger partial charge in [0.2, 0.25) is 5.91 Å². The van der Waals surface area contributed by atoms with Gasteiger partial charge in [0.15, 0.2) is 0 Å². The smallest absolute Gasteiger partial charge is 0.331 e. The third-order valence-electron chi connectivity index (χ3n) is 5.93. The Labute approximate surface area is 186 Å². The number of methoxy groups -OCH3 is 1. The summed E-state index contributed by atoms with van der Waals surface area (Å²) in [5, 5.41) is 0.453. The first-order valence-corrected chi connectivity index (χ1v) is 10.9. The van der Waals surface area contributed by atoms with Crippen molar-refractivity contribution in [3.8, 4) is 5.75 Å². The van der Waals surface area contributed by atoms with Gasteiger partial charge in [-0.15, -0.1) is 0 Å². The summed E-state index contributed by atoms with van der Waals surface area (Å²) in [6, 6.07) is 14.8. The predicted molar refractivity (Wildman–Crippen MR) is 125 cm³/mol. The molecule has 3 aromatic rings. The highest BCUT2D eigenvalue weighted by Gasteiger charge is 2.24. The molecule has 32 heavy (non-hydrogen) atoms. The molecule has 1 amide bonds. The van der Waals surface area contributed by atoms with E-state index in [4.69, 9.17) is 4.74 Å². The molecule has 0 unspecified atom stereocenters. The van der Waals surface area contributed by atoms with Gasteiger partial charge in [0.1, 0.15) is 12.3 Å². The number of ether oxygens (including phenoxy) is 1. The summed E-state index contributed by atoms with van der Waals surface area (Å²) in [6.45, 7) is 4.62. The molecule has 168 valence electrons. The highest BCUT2D eigenvalue weighted by Crippen LogP contribution is 2.28. The van der Waals surface area contributed by atoms with Gasteiger partial charge in [-0.1, -0.05) is 31.2 Å². The number of amides is 1. The molecule has 0 bridgehead atoms. The number of nitrogens with zero attached hydrogens (tertiary/aromatic N) is 4. The van der Waals surface area contributed by atoms with Gasteiger partial charge in [0.25, 0.3) is 5.56 Å². The van der Waals surface area contributed by atoms with Crippen molar-refractivity contribution in [2.75, 3.05) is 38.2 Å². The standard InChI is InChI=1S/C24H28N4O4/c1-3-12-27-23(30)18-8-4-5-9-19(18)28(24(27)31)17-22(29)26-15-13-25(14-16-26)20-10-6-7-11-21(20)32-2/h4-11H,3,12-17H2,1-2H3. The van der Waals surface area contributed by atoms with Crippen molar-refractivity contribution in [1.29, 1.82) is 0 Å². The van der Waals surface area contributed by atoms with Crippen molar-refractivity contribution < 1.29 is 9.53 Å². The number of fused-ring (bicyclic) bond motifs is 1. The van der Waals surface area contributed by atoms with Gasteiger partial charge in [-0.25, -0.2) is 4.79 Å². The number of carbonyl (C=O) groups is 1. The SMILES string of the molecule is CCCn1c(=O)c2ccccc2n(CC(=O)N2CCN(c3ccccc3OC)CC2)c1=O. The van der Waals surface area contributed by atoms with E-state index < -0.39 is 5.69 Å². The molecule has 1 aliphatic rings. The topological polar surface area (TPSA) is 76.8 Å². The van der Waals surface area contributed by atoms with E-state index >= 15 is 0 Å². The number of hydrogen-bond acceptors (Lipinski definition) is 5. The van der Waals surface area contributed by atoms with Gasteiger partial charge < -0.3 is 14.5 Å².